The number of esters is 1. The van der Waals surface area contributed by atoms with E-state index in [1.807, 2.05) is 51.1 Å². The van der Waals surface area contributed by atoms with Gasteiger partial charge >= 0.3 is 160 Å². The van der Waals surface area contributed by atoms with Gasteiger partial charge in [-0.2, -0.15) is 0 Å². The summed E-state index contributed by atoms with van der Waals surface area (Å²) >= 11 is -0.185. The van der Waals surface area contributed by atoms with Crippen molar-refractivity contribution in [3.8, 4) is 11.5 Å². The molecule has 1 aromatic carbocycles. The number of carbonyl (C=O) groups excluding carboxylic acids is 1. The maximum atomic E-state index is 12.6. The van der Waals surface area contributed by atoms with Gasteiger partial charge in [-0.05, 0) is 0 Å². The maximum absolute atomic E-state index is 12.6. The Bertz CT molecular complexity index is 606. The molecule has 0 fully saturated rings. The standard InChI is InChI=1S/C20H30O3SeSi/c1-20(2,3)23-19(22)18(24-16-12-8-7-9-13-16)17(21)14-10-11-15-25(4,5)6/h7-9,12-13,17-18,21H,10,14H2,1-6H3/t17-,18+/m1/s1. The van der Waals surface area contributed by atoms with E-state index in [1.165, 1.54) is 0 Å². The first-order valence-electron chi connectivity index (χ1n) is 8.60. The Hall–Kier alpha value is -1.05. The Balaban J connectivity index is 2.81. The fraction of sp³-hybridized carbons (Fsp3) is 0.550. The van der Waals surface area contributed by atoms with E-state index in [-0.39, 0.29) is 20.9 Å². The summed E-state index contributed by atoms with van der Waals surface area (Å²) in [5.74, 6) is 2.85. The van der Waals surface area contributed by atoms with Gasteiger partial charge in [-0.1, -0.05) is 0 Å². The van der Waals surface area contributed by atoms with E-state index < -0.39 is 24.6 Å². The summed E-state index contributed by atoms with van der Waals surface area (Å²) in [6, 6.07) is 9.85. The van der Waals surface area contributed by atoms with Crippen molar-refractivity contribution in [2.75, 3.05) is 0 Å². The van der Waals surface area contributed by atoms with E-state index in [0.29, 0.717) is 12.8 Å². The van der Waals surface area contributed by atoms with Crippen LogP contribution in [0.2, 0.25) is 24.5 Å². The minimum absolute atomic E-state index is 0.185. The van der Waals surface area contributed by atoms with Crippen molar-refractivity contribution in [2.45, 2.75) is 69.8 Å². The number of aliphatic hydroxyl groups is 1. The minimum atomic E-state index is -1.40. The van der Waals surface area contributed by atoms with Gasteiger partial charge in [0.05, 0.1) is 0 Å². The SMILES string of the molecule is CC(C)(C)OC(=O)[C@@H]([Se]c1ccccc1)[C@H](O)CCC#C[Si](C)(C)C. The van der Waals surface area contributed by atoms with Crippen LogP contribution in [0.25, 0.3) is 0 Å². The number of rotatable bonds is 6. The Labute approximate surface area is 159 Å². The zero-order chi connectivity index (χ0) is 19.1. The van der Waals surface area contributed by atoms with Crippen molar-refractivity contribution >= 4 is 33.5 Å². The van der Waals surface area contributed by atoms with Gasteiger partial charge in [0.1, 0.15) is 0 Å². The summed E-state index contributed by atoms with van der Waals surface area (Å²) < 4.78 is 6.62. The monoisotopic (exact) mass is 426 g/mol. The molecule has 0 aliphatic rings. The van der Waals surface area contributed by atoms with Gasteiger partial charge in [-0.3, -0.25) is 0 Å². The molecular formula is C20H30O3SeSi. The van der Waals surface area contributed by atoms with Crippen LogP contribution in [-0.2, 0) is 9.53 Å². The van der Waals surface area contributed by atoms with Crippen molar-refractivity contribution in [3.05, 3.63) is 30.3 Å². The Morgan fingerprint density at radius 2 is 1.84 bits per heavy atom. The van der Waals surface area contributed by atoms with Crippen molar-refractivity contribution in [1.82, 2.24) is 0 Å². The van der Waals surface area contributed by atoms with E-state index in [0.717, 1.165) is 4.46 Å². The molecule has 1 rings (SSSR count). The quantitative estimate of drug-likeness (QED) is 0.433. The number of ether oxygens (including phenoxy) is 1. The zero-order valence-electron chi connectivity index (χ0n) is 16.1. The Kier molecular flexibility index (Phi) is 8.44. The van der Waals surface area contributed by atoms with Crippen LogP contribution in [0, 0.1) is 11.5 Å². The second-order valence-corrected chi connectivity index (χ2v) is 15.3. The third-order valence-corrected chi connectivity index (χ3v) is 6.69. The van der Waals surface area contributed by atoms with Crippen molar-refractivity contribution in [1.29, 1.82) is 0 Å². The molecule has 1 aromatic rings. The number of hydrogen-bond donors (Lipinski definition) is 1. The Morgan fingerprint density at radius 1 is 1.24 bits per heavy atom. The van der Waals surface area contributed by atoms with Crippen LogP contribution < -0.4 is 4.46 Å². The first-order chi connectivity index (χ1) is 11.5. The summed E-state index contributed by atoms with van der Waals surface area (Å²) in [6.45, 7) is 12.1. The second-order valence-electron chi connectivity index (χ2n) is 8.04. The molecule has 0 aliphatic heterocycles. The van der Waals surface area contributed by atoms with E-state index in [4.69, 9.17) is 4.74 Å². The van der Waals surface area contributed by atoms with E-state index in [9.17, 15) is 9.90 Å². The van der Waals surface area contributed by atoms with E-state index >= 15 is 0 Å². The Morgan fingerprint density at radius 3 is 2.36 bits per heavy atom. The molecule has 0 saturated heterocycles. The summed E-state index contributed by atoms with van der Waals surface area (Å²) in [6.07, 6.45) is 0.372. The molecule has 0 radical (unpaired) electrons. The summed E-state index contributed by atoms with van der Waals surface area (Å²) in [4.78, 5) is 12.1. The van der Waals surface area contributed by atoms with Crippen LogP contribution in [0.1, 0.15) is 33.6 Å². The fourth-order valence-corrected chi connectivity index (χ4v) is 4.84. The van der Waals surface area contributed by atoms with Crippen LogP contribution in [0.3, 0.4) is 0 Å². The second kappa shape index (κ2) is 9.59. The predicted octanol–water partition coefficient (Wildman–Crippen LogP) is 3.17. The molecule has 138 valence electrons. The number of carbonyl (C=O) groups is 1. The van der Waals surface area contributed by atoms with E-state index in [2.05, 4.69) is 31.1 Å². The van der Waals surface area contributed by atoms with Crippen LogP contribution in [-0.4, -0.2) is 45.8 Å². The molecule has 0 aliphatic carbocycles. The van der Waals surface area contributed by atoms with Gasteiger partial charge in [0.15, 0.2) is 0 Å². The number of aliphatic hydroxyl groups excluding tert-OH is 1. The molecule has 0 bridgehead atoms. The molecule has 3 nitrogen and oxygen atoms in total. The number of benzene rings is 1. The van der Waals surface area contributed by atoms with Crippen molar-refractivity contribution < 1.29 is 14.6 Å². The molecule has 0 heterocycles. The molecule has 1 N–H and O–H groups in total. The van der Waals surface area contributed by atoms with Gasteiger partial charge in [0.25, 0.3) is 0 Å². The van der Waals surface area contributed by atoms with Crippen LogP contribution in [0.5, 0.6) is 0 Å². The fourth-order valence-electron chi connectivity index (χ4n) is 1.99. The van der Waals surface area contributed by atoms with E-state index in [1.54, 1.807) is 0 Å². The average Bonchev–Trinajstić information content (AvgIpc) is 2.47. The van der Waals surface area contributed by atoms with Gasteiger partial charge in [-0.15, -0.1) is 0 Å². The van der Waals surface area contributed by atoms with Crippen LogP contribution in [0.15, 0.2) is 30.3 Å². The summed E-state index contributed by atoms with van der Waals surface area (Å²) in [5, 5.41) is 10.6. The molecule has 25 heavy (non-hydrogen) atoms. The zero-order valence-corrected chi connectivity index (χ0v) is 18.8. The van der Waals surface area contributed by atoms with Crippen molar-refractivity contribution in [3.63, 3.8) is 0 Å². The molecule has 0 amide bonds. The molecule has 0 aromatic heterocycles. The first-order valence-corrected chi connectivity index (χ1v) is 14.0. The predicted molar refractivity (Wildman–Crippen MR) is 108 cm³/mol. The van der Waals surface area contributed by atoms with Gasteiger partial charge < -0.3 is 0 Å². The topological polar surface area (TPSA) is 46.5 Å². The molecule has 2 atom stereocenters. The normalized spacial score (nSPS) is 14.2. The van der Waals surface area contributed by atoms with Crippen molar-refractivity contribution in [2.24, 2.45) is 0 Å². The van der Waals surface area contributed by atoms with Crippen LogP contribution >= 0.6 is 0 Å². The molecule has 0 spiro atoms. The molecular weight excluding hydrogens is 395 g/mol. The third kappa shape index (κ3) is 9.86. The van der Waals surface area contributed by atoms with Gasteiger partial charge in [0.2, 0.25) is 0 Å². The first kappa shape index (κ1) is 22.0. The number of hydrogen-bond acceptors (Lipinski definition) is 3. The molecule has 5 heteroatoms. The summed E-state index contributed by atoms with van der Waals surface area (Å²) in [7, 11) is -1.40. The average molecular weight is 426 g/mol. The summed E-state index contributed by atoms with van der Waals surface area (Å²) in [5.41, 5.74) is 2.74. The third-order valence-electron chi connectivity index (χ3n) is 3.02. The van der Waals surface area contributed by atoms with Gasteiger partial charge in [0, 0.05) is 0 Å². The van der Waals surface area contributed by atoms with Gasteiger partial charge in [-0.25, -0.2) is 0 Å². The molecule has 0 saturated carbocycles. The molecule has 0 unspecified atom stereocenters. The van der Waals surface area contributed by atoms with Crippen LogP contribution in [0.4, 0.5) is 0 Å².